The van der Waals surface area contributed by atoms with Crippen molar-refractivity contribution in [1.29, 1.82) is 0 Å². The van der Waals surface area contributed by atoms with Gasteiger partial charge in [-0.1, -0.05) is 29.8 Å². The molecule has 1 heterocycles. The molecule has 2 N–H and O–H groups in total. The zero-order valence-electron chi connectivity index (χ0n) is 12.0. The van der Waals surface area contributed by atoms with Gasteiger partial charge < -0.3 is 10.1 Å². The van der Waals surface area contributed by atoms with E-state index >= 15 is 0 Å². The molecule has 3 aromatic rings. The van der Waals surface area contributed by atoms with Gasteiger partial charge in [-0.05, 0) is 47.0 Å². The summed E-state index contributed by atoms with van der Waals surface area (Å²) in [6.45, 7) is 0. The molecule has 0 aliphatic rings. The van der Waals surface area contributed by atoms with E-state index < -0.39 is 5.82 Å². The lowest BCUT2D eigenvalue weighted by atomic mass is 10.0. The Morgan fingerprint density at radius 3 is 2.43 bits per heavy atom. The Labute approximate surface area is 137 Å². The number of halogens is 2. The van der Waals surface area contributed by atoms with Crippen LogP contribution in [0.1, 0.15) is 11.1 Å². The molecule has 0 aliphatic carbocycles. The van der Waals surface area contributed by atoms with E-state index in [4.69, 9.17) is 11.6 Å². The van der Waals surface area contributed by atoms with Crippen LogP contribution in [0.3, 0.4) is 0 Å². The van der Waals surface area contributed by atoms with Gasteiger partial charge in [0.2, 0.25) is 0 Å². The minimum absolute atomic E-state index is 0.168. The fourth-order valence-electron chi connectivity index (χ4n) is 2.35. The number of H-pyrrole nitrogens is 1. The summed E-state index contributed by atoms with van der Waals surface area (Å²) in [6.07, 6.45) is 1.76. The molecule has 0 aliphatic heterocycles. The second-order valence-corrected chi connectivity index (χ2v) is 5.64. The van der Waals surface area contributed by atoms with Crippen LogP contribution in [-0.4, -0.2) is 10.1 Å². The second kappa shape index (κ2) is 6.26. The lowest BCUT2D eigenvalue weighted by Crippen LogP contribution is -2.13. The zero-order valence-corrected chi connectivity index (χ0v) is 12.8. The first kappa shape index (κ1) is 15.3. The van der Waals surface area contributed by atoms with Gasteiger partial charge in [0.15, 0.2) is 0 Å². The number of pyridine rings is 1. The smallest absolute Gasteiger partial charge is 0.251 e. The Balaban J connectivity index is 1.97. The Kier molecular flexibility index (Phi) is 4.17. The highest BCUT2D eigenvalue weighted by Gasteiger charge is 2.09. The zero-order chi connectivity index (χ0) is 16.4. The lowest BCUT2D eigenvalue weighted by Gasteiger charge is -2.07. The molecule has 0 amide bonds. The van der Waals surface area contributed by atoms with Crippen molar-refractivity contribution in [2.24, 2.45) is 0 Å². The predicted octanol–water partition coefficient (Wildman–Crippen LogP) is 4.13. The first-order valence-electron chi connectivity index (χ1n) is 6.98. The van der Waals surface area contributed by atoms with Gasteiger partial charge in [-0.25, -0.2) is 4.39 Å². The summed E-state index contributed by atoms with van der Waals surface area (Å²) in [7, 11) is 0. The Bertz CT molecular complexity index is 904. The number of nitrogens with one attached hydrogen (secondary N) is 1. The molecule has 0 atom stereocenters. The van der Waals surface area contributed by atoms with Crippen molar-refractivity contribution in [2.75, 3.05) is 0 Å². The van der Waals surface area contributed by atoms with E-state index in [0.29, 0.717) is 16.1 Å². The highest BCUT2D eigenvalue weighted by atomic mass is 35.5. The summed E-state index contributed by atoms with van der Waals surface area (Å²) in [5.41, 5.74) is 2.23. The largest absolute Gasteiger partial charge is 0.508 e. The van der Waals surface area contributed by atoms with Crippen molar-refractivity contribution >= 4 is 11.6 Å². The summed E-state index contributed by atoms with van der Waals surface area (Å²) < 4.78 is 13.9. The van der Waals surface area contributed by atoms with Gasteiger partial charge in [0, 0.05) is 23.2 Å². The number of rotatable bonds is 3. The van der Waals surface area contributed by atoms with Crippen molar-refractivity contribution in [3.8, 4) is 16.9 Å². The number of aromatic nitrogens is 1. The Morgan fingerprint density at radius 2 is 1.74 bits per heavy atom. The summed E-state index contributed by atoms with van der Waals surface area (Å²) >= 11 is 5.74. The quantitative estimate of drug-likeness (QED) is 0.759. The van der Waals surface area contributed by atoms with Crippen LogP contribution >= 0.6 is 11.6 Å². The van der Waals surface area contributed by atoms with E-state index in [1.54, 1.807) is 48.7 Å². The molecule has 5 heteroatoms. The fourth-order valence-corrected chi connectivity index (χ4v) is 2.51. The van der Waals surface area contributed by atoms with Gasteiger partial charge >= 0.3 is 0 Å². The number of hydrogen-bond donors (Lipinski definition) is 2. The monoisotopic (exact) mass is 329 g/mol. The highest BCUT2D eigenvalue weighted by Crippen LogP contribution is 2.22. The molecule has 0 spiro atoms. The molecule has 0 saturated carbocycles. The van der Waals surface area contributed by atoms with Gasteiger partial charge in [0.05, 0.1) is 0 Å². The standard InChI is InChI=1S/C18H13ClFNO2/c19-15-4-1-12(17(20)9-15)7-13-8-14(10-21-18(13)23)11-2-5-16(22)6-3-11/h1-6,8-10,22H,7H2,(H,21,23). The van der Waals surface area contributed by atoms with Gasteiger partial charge in [0.1, 0.15) is 11.6 Å². The van der Waals surface area contributed by atoms with Crippen LogP contribution in [0.25, 0.3) is 11.1 Å². The third kappa shape index (κ3) is 3.43. The average Bonchev–Trinajstić information content (AvgIpc) is 2.53. The third-order valence-electron chi connectivity index (χ3n) is 3.58. The van der Waals surface area contributed by atoms with Crippen LogP contribution in [0.5, 0.6) is 5.75 Å². The molecule has 0 unspecified atom stereocenters. The summed E-state index contributed by atoms with van der Waals surface area (Å²) in [5.74, 6) is -0.270. The van der Waals surface area contributed by atoms with Crippen molar-refractivity contribution in [3.63, 3.8) is 0 Å². The van der Waals surface area contributed by atoms with Crippen LogP contribution in [0, 0.1) is 5.82 Å². The SMILES string of the molecule is O=c1[nH]cc(-c2ccc(O)cc2)cc1Cc1ccc(Cl)cc1F. The van der Waals surface area contributed by atoms with E-state index in [1.807, 2.05) is 0 Å². The molecule has 23 heavy (non-hydrogen) atoms. The molecular weight excluding hydrogens is 317 g/mol. The molecule has 0 radical (unpaired) electrons. The first-order chi connectivity index (χ1) is 11.0. The third-order valence-corrected chi connectivity index (χ3v) is 3.81. The summed E-state index contributed by atoms with van der Waals surface area (Å²) in [4.78, 5) is 14.7. The molecule has 116 valence electrons. The number of phenols is 1. The maximum atomic E-state index is 13.9. The predicted molar refractivity (Wildman–Crippen MR) is 88.4 cm³/mol. The first-order valence-corrected chi connectivity index (χ1v) is 7.35. The topological polar surface area (TPSA) is 53.1 Å². The second-order valence-electron chi connectivity index (χ2n) is 5.20. The molecule has 0 saturated heterocycles. The van der Waals surface area contributed by atoms with Crippen LogP contribution in [0.15, 0.2) is 59.5 Å². The minimum atomic E-state index is -0.438. The fraction of sp³-hybridized carbons (Fsp3) is 0.0556. The molecule has 3 nitrogen and oxygen atoms in total. The van der Waals surface area contributed by atoms with Gasteiger partial charge in [-0.2, -0.15) is 0 Å². The van der Waals surface area contributed by atoms with E-state index in [0.717, 1.165) is 11.1 Å². The number of benzene rings is 2. The van der Waals surface area contributed by atoms with E-state index in [9.17, 15) is 14.3 Å². The minimum Gasteiger partial charge on any atom is -0.508 e. The van der Waals surface area contributed by atoms with Crippen molar-refractivity contribution in [1.82, 2.24) is 4.98 Å². The molecule has 2 aromatic carbocycles. The van der Waals surface area contributed by atoms with Crippen molar-refractivity contribution in [2.45, 2.75) is 6.42 Å². The molecular formula is C18H13ClFNO2. The van der Waals surface area contributed by atoms with Crippen LogP contribution in [0.4, 0.5) is 4.39 Å². The number of hydrogen-bond acceptors (Lipinski definition) is 2. The number of phenolic OH excluding ortho intramolecular Hbond substituents is 1. The lowest BCUT2D eigenvalue weighted by molar-refractivity contribution is 0.475. The molecule has 3 rings (SSSR count). The Morgan fingerprint density at radius 1 is 1.00 bits per heavy atom. The molecule has 0 fully saturated rings. The summed E-state index contributed by atoms with van der Waals surface area (Å²) in [6, 6.07) is 12.7. The van der Waals surface area contributed by atoms with Crippen LogP contribution in [0.2, 0.25) is 5.02 Å². The van der Waals surface area contributed by atoms with Gasteiger partial charge in [-0.15, -0.1) is 0 Å². The van der Waals surface area contributed by atoms with Crippen molar-refractivity contribution < 1.29 is 9.50 Å². The van der Waals surface area contributed by atoms with Gasteiger partial charge in [0.25, 0.3) is 5.56 Å². The highest BCUT2D eigenvalue weighted by molar-refractivity contribution is 6.30. The van der Waals surface area contributed by atoms with E-state index in [-0.39, 0.29) is 17.7 Å². The normalized spacial score (nSPS) is 10.7. The molecule has 0 bridgehead atoms. The maximum absolute atomic E-state index is 13.9. The van der Waals surface area contributed by atoms with Gasteiger partial charge in [-0.3, -0.25) is 4.79 Å². The van der Waals surface area contributed by atoms with Crippen LogP contribution in [-0.2, 0) is 6.42 Å². The molecule has 1 aromatic heterocycles. The number of aromatic hydroxyl groups is 1. The summed E-state index contributed by atoms with van der Waals surface area (Å²) in [5, 5.41) is 9.66. The Hall–Kier alpha value is -2.59. The van der Waals surface area contributed by atoms with Crippen LogP contribution < -0.4 is 5.56 Å². The number of aromatic amines is 1. The maximum Gasteiger partial charge on any atom is 0.251 e. The van der Waals surface area contributed by atoms with Crippen molar-refractivity contribution in [3.05, 3.63) is 87.0 Å². The average molecular weight is 330 g/mol. The van der Waals surface area contributed by atoms with E-state index in [2.05, 4.69) is 4.98 Å². The van der Waals surface area contributed by atoms with E-state index in [1.165, 1.54) is 6.07 Å².